The highest BCUT2D eigenvalue weighted by Crippen LogP contribution is 2.20. The summed E-state index contributed by atoms with van der Waals surface area (Å²) in [5, 5.41) is 5.05. The summed E-state index contributed by atoms with van der Waals surface area (Å²) in [6.07, 6.45) is 1.47. The molecule has 0 aliphatic heterocycles. The molecule has 106 valence electrons. The van der Waals surface area contributed by atoms with Crippen molar-refractivity contribution in [2.45, 2.75) is 0 Å². The van der Waals surface area contributed by atoms with Crippen LogP contribution >= 0.6 is 0 Å². The summed E-state index contributed by atoms with van der Waals surface area (Å²) in [6, 6.07) is 17.3. The molecule has 3 aromatic rings. The number of fused-ring (bicyclic) bond motifs is 1. The Morgan fingerprint density at radius 1 is 1.05 bits per heavy atom. The van der Waals surface area contributed by atoms with Crippen molar-refractivity contribution in [1.82, 2.24) is 5.32 Å². The molecule has 3 rings (SSSR count). The molecular formula is C17H15NO3. The number of carbonyl (C=O) groups is 1. The van der Waals surface area contributed by atoms with Gasteiger partial charge in [0.05, 0.1) is 12.8 Å². The molecule has 0 saturated carbocycles. The van der Waals surface area contributed by atoms with Crippen LogP contribution in [0.3, 0.4) is 0 Å². The van der Waals surface area contributed by atoms with E-state index >= 15 is 0 Å². The van der Waals surface area contributed by atoms with Gasteiger partial charge in [0.25, 0.3) is 5.91 Å². The minimum atomic E-state index is -0.234. The number of benzene rings is 2. The van der Waals surface area contributed by atoms with Crippen molar-refractivity contribution in [3.8, 4) is 5.75 Å². The molecule has 1 heterocycles. The van der Waals surface area contributed by atoms with Crippen LogP contribution in [0.4, 0.5) is 0 Å². The summed E-state index contributed by atoms with van der Waals surface area (Å²) in [5.41, 5.74) is 0. The second-order valence-electron chi connectivity index (χ2n) is 4.59. The van der Waals surface area contributed by atoms with E-state index < -0.39 is 0 Å². The van der Waals surface area contributed by atoms with Crippen molar-refractivity contribution in [3.63, 3.8) is 0 Å². The standard InChI is InChI=1S/C17H15NO3/c19-17(16-6-3-10-21-16)18-9-11-20-15-8-7-13-4-1-2-5-14(13)12-15/h1-8,10,12H,9,11H2,(H,18,19). The molecule has 0 spiro atoms. The first-order chi connectivity index (χ1) is 10.3. The zero-order valence-corrected chi connectivity index (χ0v) is 11.4. The lowest BCUT2D eigenvalue weighted by Gasteiger charge is -2.08. The molecule has 0 aliphatic rings. The first kappa shape index (κ1) is 13.2. The van der Waals surface area contributed by atoms with Gasteiger partial charge in [-0.3, -0.25) is 4.79 Å². The van der Waals surface area contributed by atoms with Crippen molar-refractivity contribution in [3.05, 3.63) is 66.6 Å². The summed E-state index contributed by atoms with van der Waals surface area (Å²) in [6.45, 7) is 0.831. The Bertz CT molecular complexity index is 735. The monoisotopic (exact) mass is 281 g/mol. The maximum absolute atomic E-state index is 11.6. The van der Waals surface area contributed by atoms with E-state index in [1.54, 1.807) is 12.1 Å². The van der Waals surface area contributed by atoms with Crippen LogP contribution in [0.1, 0.15) is 10.6 Å². The quantitative estimate of drug-likeness (QED) is 0.730. The molecule has 1 aromatic heterocycles. The van der Waals surface area contributed by atoms with E-state index in [1.807, 2.05) is 36.4 Å². The highest BCUT2D eigenvalue weighted by atomic mass is 16.5. The van der Waals surface area contributed by atoms with E-state index in [0.29, 0.717) is 18.9 Å². The van der Waals surface area contributed by atoms with Crippen LogP contribution in [-0.2, 0) is 0 Å². The van der Waals surface area contributed by atoms with E-state index in [9.17, 15) is 4.79 Å². The fourth-order valence-electron chi connectivity index (χ4n) is 2.09. The summed E-state index contributed by atoms with van der Waals surface area (Å²) in [5.74, 6) is 0.865. The lowest BCUT2D eigenvalue weighted by Crippen LogP contribution is -2.27. The number of rotatable bonds is 5. The molecule has 1 amide bonds. The Kier molecular flexibility index (Phi) is 3.87. The highest BCUT2D eigenvalue weighted by Gasteiger charge is 2.06. The van der Waals surface area contributed by atoms with E-state index in [2.05, 4.69) is 11.4 Å². The van der Waals surface area contributed by atoms with E-state index in [0.717, 1.165) is 11.1 Å². The summed E-state index contributed by atoms with van der Waals surface area (Å²) in [4.78, 5) is 11.6. The van der Waals surface area contributed by atoms with Gasteiger partial charge >= 0.3 is 0 Å². The van der Waals surface area contributed by atoms with Crippen LogP contribution < -0.4 is 10.1 Å². The smallest absolute Gasteiger partial charge is 0.287 e. The van der Waals surface area contributed by atoms with Gasteiger partial charge < -0.3 is 14.5 Å². The maximum atomic E-state index is 11.6. The minimum absolute atomic E-state index is 0.234. The zero-order chi connectivity index (χ0) is 14.5. The van der Waals surface area contributed by atoms with Crippen molar-refractivity contribution in [1.29, 1.82) is 0 Å². The minimum Gasteiger partial charge on any atom is -0.492 e. The Hall–Kier alpha value is -2.75. The van der Waals surface area contributed by atoms with E-state index in [4.69, 9.17) is 9.15 Å². The Labute approximate surface area is 122 Å². The molecule has 0 fully saturated rings. The molecule has 0 aliphatic carbocycles. The molecule has 4 heteroatoms. The van der Waals surface area contributed by atoms with Crippen LogP contribution in [0.25, 0.3) is 10.8 Å². The molecular weight excluding hydrogens is 266 g/mol. The molecule has 0 unspecified atom stereocenters. The summed E-state index contributed by atoms with van der Waals surface area (Å²) in [7, 11) is 0. The Morgan fingerprint density at radius 2 is 1.90 bits per heavy atom. The maximum Gasteiger partial charge on any atom is 0.287 e. The van der Waals surface area contributed by atoms with Crippen LogP contribution in [0.15, 0.2) is 65.3 Å². The first-order valence-corrected chi connectivity index (χ1v) is 6.76. The lowest BCUT2D eigenvalue weighted by molar-refractivity contribution is 0.0919. The molecule has 0 radical (unpaired) electrons. The van der Waals surface area contributed by atoms with E-state index in [-0.39, 0.29) is 5.91 Å². The molecule has 0 saturated heterocycles. The van der Waals surface area contributed by atoms with Crippen LogP contribution in [0.5, 0.6) is 5.75 Å². The second kappa shape index (κ2) is 6.13. The van der Waals surface area contributed by atoms with Crippen molar-refractivity contribution >= 4 is 16.7 Å². The summed E-state index contributed by atoms with van der Waals surface area (Å²) >= 11 is 0. The molecule has 0 bridgehead atoms. The highest BCUT2D eigenvalue weighted by molar-refractivity contribution is 5.91. The van der Waals surface area contributed by atoms with Gasteiger partial charge in [-0.2, -0.15) is 0 Å². The zero-order valence-electron chi connectivity index (χ0n) is 11.4. The number of hydrogen-bond acceptors (Lipinski definition) is 3. The van der Waals surface area contributed by atoms with Crippen molar-refractivity contribution < 1.29 is 13.9 Å². The summed E-state index contributed by atoms with van der Waals surface area (Å²) < 4.78 is 10.6. The van der Waals surface area contributed by atoms with Gasteiger partial charge in [0, 0.05) is 0 Å². The lowest BCUT2D eigenvalue weighted by atomic mass is 10.1. The fraction of sp³-hybridized carbons (Fsp3) is 0.118. The SMILES string of the molecule is O=C(NCCOc1ccc2ccccc2c1)c1ccco1. The average Bonchev–Trinajstić information content (AvgIpc) is 3.06. The third-order valence-corrected chi connectivity index (χ3v) is 3.12. The number of carbonyl (C=O) groups excluding carboxylic acids is 1. The predicted octanol–water partition coefficient (Wildman–Crippen LogP) is 3.24. The van der Waals surface area contributed by atoms with E-state index in [1.165, 1.54) is 11.6 Å². The second-order valence-corrected chi connectivity index (χ2v) is 4.59. The Morgan fingerprint density at radius 3 is 2.71 bits per heavy atom. The first-order valence-electron chi connectivity index (χ1n) is 6.76. The normalized spacial score (nSPS) is 10.5. The molecule has 2 aromatic carbocycles. The Balaban J connectivity index is 1.51. The molecule has 21 heavy (non-hydrogen) atoms. The van der Waals surface area contributed by atoms with Crippen molar-refractivity contribution in [2.75, 3.05) is 13.2 Å². The van der Waals surface area contributed by atoms with Crippen LogP contribution in [0.2, 0.25) is 0 Å². The number of hydrogen-bond donors (Lipinski definition) is 1. The topological polar surface area (TPSA) is 51.5 Å². The van der Waals surface area contributed by atoms with Gasteiger partial charge in [-0.15, -0.1) is 0 Å². The van der Waals surface area contributed by atoms with Gasteiger partial charge in [0.15, 0.2) is 5.76 Å². The van der Waals surface area contributed by atoms with Crippen molar-refractivity contribution in [2.24, 2.45) is 0 Å². The van der Waals surface area contributed by atoms with Gasteiger partial charge in [-0.1, -0.05) is 30.3 Å². The molecule has 1 N–H and O–H groups in total. The van der Waals surface area contributed by atoms with Gasteiger partial charge in [-0.25, -0.2) is 0 Å². The number of nitrogens with one attached hydrogen (secondary N) is 1. The molecule has 4 nitrogen and oxygen atoms in total. The van der Waals surface area contributed by atoms with Crippen LogP contribution in [-0.4, -0.2) is 19.1 Å². The number of furan rings is 1. The van der Waals surface area contributed by atoms with Gasteiger partial charge in [-0.05, 0) is 35.0 Å². The largest absolute Gasteiger partial charge is 0.492 e. The third kappa shape index (κ3) is 3.23. The van der Waals surface area contributed by atoms with Crippen LogP contribution in [0, 0.1) is 0 Å². The molecule has 0 atom stereocenters. The van der Waals surface area contributed by atoms with Gasteiger partial charge in [0.1, 0.15) is 12.4 Å². The van der Waals surface area contributed by atoms with Gasteiger partial charge in [0.2, 0.25) is 0 Å². The predicted molar refractivity (Wildman–Crippen MR) is 80.5 cm³/mol. The number of ether oxygens (including phenoxy) is 1. The average molecular weight is 281 g/mol. The fourth-order valence-corrected chi connectivity index (χ4v) is 2.09. The number of amides is 1. The third-order valence-electron chi connectivity index (χ3n) is 3.12.